The Morgan fingerprint density at radius 3 is 2.22 bits per heavy atom. The van der Waals surface area contributed by atoms with Gasteiger partial charge >= 0.3 is 0 Å². The predicted octanol–water partition coefficient (Wildman–Crippen LogP) is 4.77. The quantitative estimate of drug-likeness (QED) is 0.326. The lowest BCUT2D eigenvalue weighted by molar-refractivity contribution is 0.0955. The highest BCUT2D eigenvalue weighted by molar-refractivity contribution is 6.13. The van der Waals surface area contributed by atoms with E-state index in [9.17, 15) is 4.79 Å². The molecular formula is C23H18N2O2. The Labute approximate surface area is 157 Å². The third kappa shape index (κ3) is 3.37. The first-order valence-electron chi connectivity index (χ1n) is 8.64. The fourth-order valence-electron chi connectivity index (χ4n) is 3.17. The Kier molecular flexibility index (Phi) is 4.54. The van der Waals surface area contributed by atoms with E-state index >= 15 is 0 Å². The molecule has 4 nitrogen and oxygen atoms in total. The van der Waals surface area contributed by atoms with Crippen molar-refractivity contribution in [2.24, 2.45) is 5.10 Å². The number of nitrogens with one attached hydrogen (secondary N) is 1. The van der Waals surface area contributed by atoms with Gasteiger partial charge in [0, 0.05) is 11.1 Å². The summed E-state index contributed by atoms with van der Waals surface area (Å²) in [6.45, 7) is 0. The molecule has 0 heterocycles. The van der Waals surface area contributed by atoms with Crippen molar-refractivity contribution in [2.45, 2.75) is 0 Å². The number of methoxy groups -OCH3 is 1. The molecule has 0 spiro atoms. The highest BCUT2D eigenvalue weighted by Crippen LogP contribution is 2.27. The number of rotatable bonds is 4. The summed E-state index contributed by atoms with van der Waals surface area (Å²) in [6, 6.07) is 25.5. The summed E-state index contributed by atoms with van der Waals surface area (Å²) in [6.07, 6.45) is 1.71. The molecule has 0 aliphatic carbocycles. The van der Waals surface area contributed by atoms with Crippen LogP contribution in [0.2, 0.25) is 0 Å². The molecule has 1 N–H and O–H groups in total. The van der Waals surface area contributed by atoms with Crippen LogP contribution in [0.15, 0.2) is 84.0 Å². The summed E-state index contributed by atoms with van der Waals surface area (Å²) < 4.78 is 5.16. The van der Waals surface area contributed by atoms with E-state index in [1.807, 2.05) is 24.3 Å². The van der Waals surface area contributed by atoms with E-state index in [4.69, 9.17) is 4.74 Å². The van der Waals surface area contributed by atoms with Crippen LogP contribution >= 0.6 is 0 Å². The number of hydrazone groups is 1. The number of hydrogen-bond acceptors (Lipinski definition) is 3. The third-order valence-electron chi connectivity index (χ3n) is 4.50. The van der Waals surface area contributed by atoms with Crippen LogP contribution in [0.1, 0.15) is 15.9 Å². The lowest BCUT2D eigenvalue weighted by Gasteiger charge is -2.08. The molecule has 0 bridgehead atoms. The lowest BCUT2D eigenvalue weighted by atomic mass is 9.97. The molecule has 0 radical (unpaired) electrons. The standard InChI is InChI=1S/C23H18N2O2/c1-27-19-10-6-9-18(14-19)23(26)25-24-15-22-20-11-4-2-7-16(20)13-17-8-3-5-12-21(17)22/h2-15H,1H3,(H,25,26)/b24-15+. The number of nitrogens with zero attached hydrogens (tertiary/aromatic N) is 1. The molecular weight excluding hydrogens is 336 g/mol. The van der Waals surface area contributed by atoms with Crippen LogP contribution in [0.3, 0.4) is 0 Å². The fourth-order valence-corrected chi connectivity index (χ4v) is 3.17. The van der Waals surface area contributed by atoms with E-state index in [-0.39, 0.29) is 5.91 Å². The predicted molar refractivity (Wildman–Crippen MR) is 110 cm³/mol. The van der Waals surface area contributed by atoms with Gasteiger partial charge in [-0.15, -0.1) is 0 Å². The van der Waals surface area contributed by atoms with Crippen molar-refractivity contribution in [1.82, 2.24) is 5.43 Å². The zero-order valence-corrected chi connectivity index (χ0v) is 14.8. The van der Waals surface area contributed by atoms with Crippen LogP contribution in [0.25, 0.3) is 21.5 Å². The fraction of sp³-hybridized carbons (Fsp3) is 0.0435. The van der Waals surface area contributed by atoms with E-state index in [1.54, 1.807) is 37.6 Å². The maximum Gasteiger partial charge on any atom is 0.271 e. The maximum absolute atomic E-state index is 12.3. The normalized spacial score (nSPS) is 11.1. The number of carbonyl (C=O) groups is 1. The van der Waals surface area contributed by atoms with Gasteiger partial charge in [-0.05, 0) is 45.8 Å². The molecule has 0 aromatic heterocycles. The number of ether oxygens (including phenoxy) is 1. The van der Waals surface area contributed by atoms with Gasteiger partial charge in [0.1, 0.15) is 5.75 Å². The summed E-state index contributed by atoms with van der Waals surface area (Å²) in [5.41, 5.74) is 4.08. The Morgan fingerprint density at radius 1 is 0.889 bits per heavy atom. The Morgan fingerprint density at radius 2 is 1.56 bits per heavy atom. The van der Waals surface area contributed by atoms with Crippen LogP contribution in [0, 0.1) is 0 Å². The Bertz CT molecular complexity index is 1110. The molecule has 0 atom stereocenters. The molecule has 0 fully saturated rings. The summed E-state index contributed by atoms with van der Waals surface area (Å²) in [7, 11) is 1.57. The second kappa shape index (κ2) is 7.30. The van der Waals surface area contributed by atoms with Crippen molar-refractivity contribution in [1.29, 1.82) is 0 Å². The van der Waals surface area contributed by atoms with E-state index < -0.39 is 0 Å². The SMILES string of the molecule is COc1cccc(C(=O)N/N=C/c2c3ccccc3cc3ccccc23)c1. The van der Waals surface area contributed by atoms with Crippen molar-refractivity contribution in [3.05, 3.63) is 90.0 Å². The van der Waals surface area contributed by atoms with Crippen LogP contribution in [-0.4, -0.2) is 19.2 Å². The van der Waals surface area contributed by atoms with Crippen molar-refractivity contribution < 1.29 is 9.53 Å². The van der Waals surface area contributed by atoms with Gasteiger partial charge in [-0.2, -0.15) is 5.10 Å². The molecule has 0 saturated heterocycles. The van der Waals surface area contributed by atoms with E-state index in [0.29, 0.717) is 11.3 Å². The number of benzene rings is 4. The summed E-state index contributed by atoms with van der Waals surface area (Å²) in [4.78, 5) is 12.3. The summed E-state index contributed by atoms with van der Waals surface area (Å²) in [5.74, 6) is 0.348. The van der Waals surface area contributed by atoms with E-state index in [0.717, 1.165) is 27.1 Å². The van der Waals surface area contributed by atoms with Gasteiger partial charge < -0.3 is 4.74 Å². The number of carbonyl (C=O) groups excluding carboxylic acids is 1. The van der Waals surface area contributed by atoms with Gasteiger partial charge in [0.2, 0.25) is 0 Å². The molecule has 0 aliphatic heterocycles. The average Bonchev–Trinajstić information content (AvgIpc) is 2.73. The highest BCUT2D eigenvalue weighted by Gasteiger charge is 2.07. The Hall–Kier alpha value is -3.66. The minimum absolute atomic E-state index is 0.283. The van der Waals surface area contributed by atoms with Gasteiger partial charge in [0.15, 0.2) is 0 Å². The zero-order valence-electron chi connectivity index (χ0n) is 14.8. The molecule has 4 aromatic rings. The monoisotopic (exact) mass is 354 g/mol. The molecule has 0 aliphatic rings. The molecule has 27 heavy (non-hydrogen) atoms. The van der Waals surface area contributed by atoms with Gasteiger partial charge in [-0.3, -0.25) is 4.79 Å². The van der Waals surface area contributed by atoms with E-state index in [2.05, 4.69) is 40.9 Å². The van der Waals surface area contributed by atoms with Crippen molar-refractivity contribution in [2.75, 3.05) is 7.11 Å². The van der Waals surface area contributed by atoms with Gasteiger partial charge in [0.25, 0.3) is 5.91 Å². The summed E-state index contributed by atoms with van der Waals surface area (Å²) >= 11 is 0. The Balaban J connectivity index is 1.68. The van der Waals surface area contributed by atoms with Gasteiger partial charge in [0.05, 0.1) is 13.3 Å². The molecule has 4 heteroatoms. The maximum atomic E-state index is 12.3. The number of amides is 1. The summed E-state index contributed by atoms with van der Waals surface area (Å²) in [5, 5.41) is 8.67. The van der Waals surface area contributed by atoms with Gasteiger partial charge in [-0.25, -0.2) is 5.43 Å². The number of hydrogen-bond donors (Lipinski definition) is 1. The van der Waals surface area contributed by atoms with Crippen LogP contribution in [0.4, 0.5) is 0 Å². The molecule has 0 unspecified atom stereocenters. The topological polar surface area (TPSA) is 50.7 Å². The molecule has 1 amide bonds. The minimum Gasteiger partial charge on any atom is -0.497 e. The lowest BCUT2D eigenvalue weighted by Crippen LogP contribution is -2.17. The largest absolute Gasteiger partial charge is 0.497 e. The van der Waals surface area contributed by atoms with E-state index in [1.165, 1.54) is 0 Å². The second-order valence-electron chi connectivity index (χ2n) is 6.16. The third-order valence-corrected chi connectivity index (χ3v) is 4.50. The second-order valence-corrected chi connectivity index (χ2v) is 6.16. The van der Waals surface area contributed by atoms with Crippen LogP contribution < -0.4 is 10.2 Å². The van der Waals surface area contributed by atoms with Crippen molar-refractivity contribution in [3.8, 4) is 5.75 Å². The number of fused-ring (bicyclic) bond motifs is 2. The minimum atomic E-state index is -0.283. The molecule has 4 rings (SSSR count). The van der Waals surface area contributed by atoms with Crippen LogP contribution in [-0.2, 0) is 0 Å². The molecule has 132 valence electrons. The zero-order chi connectivity index (χ0) is 18.6. The first-order valence-corrected chi connectivity index (χ1v) is 8.64. The average molecular weight is 354 g/mol. The van der Waals surface area contributed by atoms with Gasteiger partial charge in [-0.1, -0.05) is 54.6 Å². The van der Waals surface area contributed by atoms with Crippen molar-refractivity contribution in [3.63, 3.8) is 0 Å². The molecule has 4 aromatic carbocycles. The first kappa shape index (κ1) is 16.8. The smallest absolute Gasteiger partial charge is 0.271 e. The highest BCUT2D eigenvalue weighted by atomic mass is 16.5. The molecule has 0 saturated carbocycles. The van der Waals surface area contributed by atoms with Crippen molar-refractivity contribution >= 4 is 33.7 Å². The first-order chi connectivity index (χ1) is 13.3. The van der Waals surface area contributed by atoms with Crippen LogP contribution in [0.5, 0.6) is 5.75 Å².